The summed E-state index contributed by atoms with van der Waals surface area (Å²) in [4.78, 5) is 21.5. The molecule has 34 heavy (non-hydrogen) atoms. The number of hydrogen-bond acceptors (Lipinski definition) is 4. The molecule has 0 spiro atoms. The Kier molecular flexibility index (Phi) is 8.34. The lowest BCUT2D eigenvalue weighted by molar-refractivity contribution is 0.0302. The van der Waals surface area contributed by atoms with E-state index in [1.165, 1.54) is 6.07 Å². The molecular weight excluding hydrogens is 429 g/mol. The van der Waals surface area contributed by atoms with Gasteiger partial charge in [0.25, 0.3) is 0 Å². The number of amides is 1. The zero-order valence-electron chi connectivity index (χ0n) is 21.4. The molecule has 3 rings (SSSR count). The van der Waals surface area contributed by atoms with Crippen LogP contribution < -0.4 is 0 Å². The van der Waals surface area contributed by atoms with Gasteiger partial charge in [-0.3, -0.25) is 4.99 Å². The van der Waals surface area contributed by atoms with E-state index in [1.54, 1.807) is 6.07 Å². The number of carbonyl (C=O) groups excluding carboxylic acids is 1. The zero-order valence-corrected chi connectivity index (χ0v) is 21.4. The molecule has 6 heteroatoms. The van der Waals surface area contributed by atoms with Crippen LogP contribution >= 0.6 is 0 Å². The van der Waals surface area contributed by atoms with Gasteiger partial charge in [-0.2, -0.15) is 0 Å². The van der Waals surface area contributed by atoms with Gasteiger partial charge in [0.15, 0.2) is 0 Å². The second-order valence-corrected chi connectivity index (χ2v) is 9.46. The van der Waals surface area contributed by atoms with Crippen molar-refractivity contribution in [3.8, 4) is 0 Å². The van der Waals surface area contributed by atoms with Crippen LogP contribution in [0.4, 0.5) is 9.18 Å². The fourth-order valence-corrected chi connectivity index (χ4v) is 4.34. The van der Waals surface area contributed by atoms with Crippen molar-refractivity contribution in [3.63, 3.8) is 0 Å². The van der Waals surface area contributed by atoms with Crippen molar-refractivity contribution in [2.75, 3.05) is 19.6 Å². The fraction of sp³-hybridized carbons (Fsp3) is 0.500. The lowest BCUT2D eigenvalue weighted by Gasteiger charge is -2.41. The van der Waals surface area contributed by atoms with Crippen LogP contribution in [0.2, 0.25) is 0 Å². The predicted octanol–water partition coefficient (Wildman–Crippen LogP) is 6.58. The van der Waals surface area contributed by atoms with Crippen molar-refractivity contribution >= 4 is 17.4 Å². The van der Waals surface area contributed by atoms with Gasteiger partial charge in [-0.05, 0) is 65.5 Å². The highest BCUT2D eigenvalue weighted by atomic mass is 19.1. The number of ether oxygens (including phenoxy) is 1. The number of rotatable bonds is 7. The Bertz CT molecular complexity index is 1020. The minimum absolute atomic E-state index is 0.000417. The first-order chi connectivity index (χ1) is 16.2. The maximum Gasteiger partial charge on any atom is 0.410 e. The van der Waals surface area contributed by atoms with E-state index < -0.39 is 0 Å². The second-order valence-electron chi connectivity index (χ2n) is 9.46. The summed E-state index contributed by atoms with van der Waals surface area (Å²) in [6.07, 6.45) is 8.31. The summed E-state index contributed by atoms with van der Waals surface area (Å²) in [5.74, 6) is -0.257. The van der Waals surface area contributed by atoms with Crippen molar-refractivity contribution in [1.82, 2.24) is 9.80 Å². The molecule has 184 valence electrons. The Balaban J connectivity index is 1.93. The largest absolute Gasteiger partial charge is 0.443 e. The number of carbonyl (C=O) groups is 1. The minimum Gasteiger partial charge on any atom is -0.443 e. The first-order valence-corrected chi connectivity index (χ1v) is 12.3. The highest BCUT2D eigenvalue weighted by molar-refractivity contribution is 6.12. The molecular formula is C28H38FN3O2. The molecule has 1 unspecified atom stereocenters. The Labute approximate surface area is 203 Å². The lowest BCUT2D eigenvalue weighted by atomic mass is 9.92. The van der Waals surface area contributed by atoms with E-state index in [9.17, 15) is 9.18 Å². The smallest absolute Gasteiger partial charge is 0.410 e. The zero-order chi connectivity index (χ0) is 24.9. The maximum atomic E-state index is 14.8. The molecule has 1 aromatic rings. The maximum absolute atomic E-state index is 14.8. The molecule has 2 fully saturated rings. The van der Waals surface area contributed by atoms with E-state index in [-0.39, 0.29) is 23.6 Å². The molecule has 5 nitrogen and oxygen atoms in total. The highest BCUT2D eigenvalue weighted by Crippen LogP contribution is 2.39. The molecule has 1 aliphatic carbocycles. The molecule has 2 aliphatic rings. The van der Waals surface area contributed by atoms with Crippen LogP contribution in [0.25, 0.3) is 5.57 Å². The van der Waals surface area contributed by atoms with E-state index in [0.29, 0.717) is 25.2 Å². The summed E-state index contributed by atoms with van der Waals surface area (Å²) < 4.78 is 20.5. The van der Waals surface area contributed by atoms with Gasteiger partial charge in [-0.15, -0.1) is 0 Å². The van der Waals surface area contributed by atoms with Gasteiger partial charge < -0.3 is 14.5 Å². The van der Waals surface area contributed by atoms with Crippen molar-refractivity contribution in [2.45, 2.75) is 72.4 Å². The summed E-state index contributed by atoms with van der Waals surface area (Å²) >= 11 is 0. The molecule has 1 atom stereocenters. The first kappa shape index (κ1) is 25.7. The summed E-state index contributed by atoms with van der Waals surface area (Å²) in [6.45, 7) is 14.0. The molecule has 1 saturated heterocycles. The summed E-state index contributed by atoms with van der Waals surface area (Å²) in [6, 6.07) is 6.85. The molecule has 1 aliphatic heterocycles. The predicted molar refractivity (Wildman–Crippen MR) is 137 cm³/mol. The van der Waals surface area contributed by atoms with Crippen molar-refractivity contribution in [3.05, 3.63) is 65.3 Å². The number of piperazine rings is 1. The Morgan fingerprint density at radius 3 is 2.56 bits per heavy atom. The number of aliphatic imine (C=N–C) groups is 1. The van der Waals surface area contributed by atoms with Gasteiger partial charge in [0.1, 0.15) is 11.4 Å². The molecule has 0 bridgehead atoms. The van der Waals surface area contributed by atoms with Crippen LogP contribution in [0, 0.1) is 5.82 Å². The number of nitrogens with zero attached hydrogens (tertiary/aromatic N) is 3. The van der Waals surface area contributed by atoms with Gasteiger partial charge in [0.2, 0.25) is 0 Å². The SMILES string of the molecule is C\C=C(C(/C(C)=N/C=C/CC)=C(/C)N1CCN(C(=O)OC2(C)CC2)C(C)C1)\c1ccccc1F. The molecule has 1 heterocycles. The Hall–Kier alpha value is -2.89. The van der Waals surface area contributed by atoms with Gasteiger partial charge in [0.05, 0.1) is 0 Å². The fourth-order valence-electron chi connectivity index (χ4n) is 4.34. The summed E-state index contributed by atoms with van der Waals surface area (Å²) in [5.41, 5.74) is 3.87. The third-order valence-electron chi connectivity index (χ3n) is 6.68. The standard InChI is InChI=1S/C28H38FN3O2/c1-7-9-16-30-21(4)26(23(8-2)24-12-10-11-13-25(24)29)22(5)31-17-18-32(20(3)19-31)27(33)34-28(6)14-15-28/h8-13,16,20H,7,14-15,17-19H2,1-6H3/b16-9+,23-8-,26-22-,30-21+. The Morgan fingerprint density at radius 2 is 1.97 bits per heavy atom. The summed E-state index contributed by atoms with van der Waals surface area (Å²) in [5, 5.41) is 0. The van der Waals surface area contributed by atoms with Crippen LogP contribution in [-0.4, -0.2) is 52.9 Å². The first-order valence-electron chi connectivity index (χ1n) is 12.3. The summed E-state index contributed by atoms with van der Waals surface area (Å²) in [7, 11) is 0. The van der Waals surface area contributed by atoms with E-state index in [4.69, 9.17) is 4.74 Å². The van der Waals surface area contributed by atoms with E-state index >= 15 is 0 Å². The van der Waals surface area contributed by atoms with Crippen LogP contribution in [0.1, 0.15) is 66.4 Å². The van der Waals surface area contributed by atoms with E-state index in [2.05, 4.69) is 23.7 Å². The average Bonchev–Trinajstić information content (AvgIpc) is 3.53. The molecule has 0 N–H and O–H groups in total. The molecule has 0 radical (unpaired) electrons. The number of allylic oxidation sites excluding steroid dienone is 5. The number of halogens is 1. The van der Waals surface area contributed by atoms with Crippen LogP contribution in [0.15, 0.2) is 58.9 Å². The molecule has 0 aromatic heterocycles. The van der Waals surface area contributed by atoms with Crippen molar-refractivity contribution in [1.29, 1.82) is 0 Å². The molecule has 1 aromatic carbocycles. The average molecular weight is 468 g/mol. The number of benzene rings is 1. The third kappa shape index (κ3) is 5.96. The van der Waals surface area contributed by atoms with Crippen LogP contribution in [0.5, 0.6) is 0 Å². The Morgan fingerprint density at radius 1 is 1.26 bits per heavy atom. The lowest BCUT2D eigenvalue weighted by Crippen LogP contribution is -2.54. The topological polar surface area (TPSA) is 45.1 Å². The van der Waals surface area contributed by atoms with E-state index in [0.717, 1.165) is 41.8 Å². The van der Waals surface area contributed by atoms with Gasteiger partial charge in [-0.25, -0.2) is 9.18 Å². The van der Waals surface area contributed by atoms with Crippen molar-refractivity contribution < 1.29 is 13.9 Å². The highest BCUT2D eigenvalue weighted by Gasteiger charge is 2.43. The monoisotopic (exact) mass is 467 g/mol. The third-order valence-corrected chi connectivity index (χ3v) is 6.68. The van der Waals surface area contributed by atoms with Crippen molar-refractivity contribution in [2.24, 2.45) is 4.99 Å². The molecule has 1 saturated carbocycles. The van der Waals surface area contributed by atoms with E-state index in [1.807, 2.05) is 63.1 Å². The second kappa shape index (κ2) is 11.0. The normalized spacial score (nSPS) is 21.6. The number of hydrogen-bond donors (Lipinski definition) is 0. The quantitative estimate of drug-likeness (QED) is 0.336. The minimum atomic E-state index is -0.281. The van der Waals surface area contributed by atoms with Gasteiger partial charge in [-0.1, -0.05) is 37.3 Å². The van der Waals surface area contributed by atoms with Gasteiger partial charge in [0, 0.05) is 54.4 Å². The van der Waals surface area contributed by atoms with Crippen LogP contribution in [0.3, 0.4) is 0 Å². The van der Waals surface area contributed by atoms with Gasteiger partial charge >= 0.3 is 6.09 Å². The molecule has 1 amide bonds. The van der Waals surface area contributed by atoms with Crippen LogP contribution in [-0.2, 0) is 4.74 Å².